The number of esters is 4. The number of aliphatic hydroxyl groups excluding tert-OH is 1. The molecule has 654 valence electrons. The summed E-state index contributed by atoms with van der Waals surface area (Å²) >= 11 is 0. The Hall–Kier alpha value is -1.94. The van der Waals surface area contributed by atoms with Gasteiger partial charge in [0.25, 0.3) is 0 Å². The third-order valence-electron chi connectivity index (χ3n) is 21.7. The molecular weight excluding hydrogens is 1430 g/mol. The number of hydrogen-bond donors (Lipinski definition) is 3. The molecule has 17 nitrogen and oxygen atoms in total. The van der Waals surface area contributed by atoms with E-state index in [-0.39, 0.29) is 25.7 Å². The molecule has 0 aromatic heterocycles. The Morgan fingerprint density at radius 2 is 0.464 bits per heavy atom. The fourth-order valence-electron chi connectivity index (χ4n) is 14.2. The number of hydrogen-bond acceptors (Lipinski definition) is 15. The van der Waals surface area contributed by atoms with Crippen LogP contribution >= 0.6 is 15.6 Å². The normalized spacial score (nSPS) is 14.0. The van der Waals surface area contributed by atoms with E-state index >= 15 is 0 Å². The monoisotopic (exact) mass is 1610 g/mol. The molecule has 0 amide bonds. The van der Waals surface area contributed by atoms with Crippen molar-refractivity contribution in [3.8, 4) is 0 Å². The van der Waals surface area contributed by atoms with Crippen molar-refractivity contribution in [2.75, 3.05) is 39.6 Å². The SMILES string of the molecule is CCCCCCCCCCCCCCCCCCCCC(=O)O[C@H](COC(=O)CCCCCCCCCCCC(C)C)COP(=O)(O)OC[C@H](O)COP(=O)(O)OC[C@@H](COC(=O)CCCCCCCCCCCCCCCCCC(C)C)OC(=O)CCCCCCCCCCCCCCCCCCCCC(C)CC. The first kappa shape index (κ1) is 108. The highest BCUT2D eigenvalue weighted by atomic mass is 31.2. The van der Waals surface area contributed by atoms with E-state index in [0.29, 0.717) is 25.7 Å². The molecule has 3 N–H and O–H groups in total. The minimum Gasteiger partial charge on any atom is -0.462 e. The number of unbranched alkanes of at least 4 members (excludes halogenated alkanes) is 56. The summed E-state index contributed by atoms with van der Waals surface area (Å²) in [6.45, 7) is 12.1. The summed E-state index contributed by atoms with van der Waals surface area (Å²) in [5, 5.41) is 10.7. The molecule has 0 bridgehead atoms. The molecule has 0 saturated heterocycles. The Morgan fingerprint density at radius 1 is 0.264 bits per heavy atom. The van der Waals surface area contributed by atoms with Gasteiger partial charge >= 0.3 is 39.5 Å². The lowest BCUT2D eigenvalue weighted by Gasteiger charge is -2.21. The molecule has 0 fully saturated rings. The van der Waals surface area contributed by atoms with E-state index in [1.54, 1.807) is 0 Å². The summed E-state index contributed by atoms with van der Waals surface area (Å²) < 4.78 is 69.1. The average Bonchev–Trinajstić information content (AvgIpc) is 0.901. The zero-order valence-corrected chi connectivity index (χ0v) is 74.5. The second-order valence-corrected chi connectivity index (χ2v) is 36.8. The smallest absolute Gasteiger partial charge is 0.462 e. The quantitative estimate of drug-likeness (QED) is 0.0222. The summed E-state index contributed by atoms with van der Waals surface area (Å²) in [6.07, 6.45) is 73.6. The number of carbonyl (C=O) groups is 4. The van der Waals surface area contributed by atoms with Crippen LogP contribution in [0.15, 0.2) is 0 Å². The van der Waals surface area contributed by atoms with Crippen molar-refractivity contribution in [1.82, 2.24) is 0 Å². The average molecular weight is 1610 g/mol. The predicted octanol–water partition coefficient (Wildman–Crippen LogP) is 28.0. The van der Waals surface area contributed by atoms with Crippen LogP contribution in [0.3, 0.4) is 0 Å². The van der Waals surface area contributed by atoms with E-state index in [9.17, 15) is 43.2 Å². The van der Waals surface area contributed by atoms with Crippen LogP contribution < -0.4 is 0 Å². The van der Waals surface area contributed by atoms with Crippen LogP contribution in [0.5, 0.6) is 0 Å². The maximum absolute atomic E-state index is 13.2. The zero-order valence-electron chi connectivity index (χ0n) is 72.7. The van der Waals surface area contributed by atoms with Gasteiger partial charge in [-0.25, -0.2) is 9.13 Å². The van der Waals surface area contributed by atoms with Gasteiger partial charge in [0.15, 0.2) is 12.2 Å². The van der Waals surface area contributed by atoms with E-state index in [4.69, 9.17) is 37.0 Å². The fourth-order valence-corrected chi connectivity index (χ4v) is 15.8. The van der Waals surface area contributed by atoms with E-state index in [1.807, 2.05) is 0 Å². The third kappa shape index (κ3) is 82.6. The van der Waals surface area contributed by atoms with E-state index < -0.39 is 97.5 Å². The number of phosphoric ester groups is 2. The van der Waals surface area contributed by atoms with Crippen molar-refractivity contribution in [2.45, 2.75) is 503 Å². The molecular formula is C91H178O17P2. The third-order valence-corrected chi connectivity index (χ3v) is 23.6. The molecule has 0 heterocycles. The lowest BCUT2D eigenvalue weighted by Crippen LogP contribution is -2.30. The largest absolute Gasteiger partial charge is 0.472 e. The molecule has 3 unspecified atom stereocenters. The molecule has 0 aromatic rings. The molecule has 0 rings (SSSR count). The highest BCUT2D eigenvalue weighted by Gasteiger charge is 2.31. The molecule has 0 radical (unpaired) electrons. The van der Waals surface area contributed by atoms with Gasteiger partial charge in [-0.05, 0) is 43.4 Å². The molecule has 0 spiro atoms. The standard InChI is InChI=1S/C91H178O17P2/c1-8-10-11-12-13-14-15-16-17-18-22-27-33-38-45-53-60-67-75-91(96)108-87(79-102-89(94)73-66-59-52-47-40-42-49-56-63-70-83(5)6)81-106-110(99,100)104-77-85(92)76-103-109(97,98)105-80-86(78-101-88(93)72-65-58-51-44-37-32-29-24-25-30-35-41-48-55-62-69-82(3)4)107-90(95)74-68-61-54-46-39-34-28-23-20-19-21-26-31-36-43-50-57-64-71-84(7)9-2/h82-87,92H,8-81H2,1-7H3,(H,97,98)(H,99,100)/t84?,85-,86-,87-/m1/s1. The Kier molecular flexibility index (Phi) is 79.4. The fraction of sp³-hybridized carbons (Fsp3) is 0.956. The highest BCUT2D eigenvalue weighted by molar-refractivity contribution is 7.47. The van der Waals surface area contributed by atoms with Crippen molar-refractivity contribution in [3.63, 3.8) is 0 Å². The first-order valence-corrected chi connectivity index (χ1v) is 49.9. The highest BCUT2D eigenvalue weighted by Crippen LogP contribution is 2.45. The van der Waals surface area contributed by atoms with E-state index in [2.05, 4.69) is 48.5 Å². The van der Waals surface area contributed by atoms with Crippen molar-refractivity contribution in [2.24, 2.45) is 17.8 Å². The van der Waals surface area contributed by atoms with Gasteiger partial charge < -0.3 is 33.8 Å². The van der Waals surface area contributed by atoms with Gasteiger partial charge in [0.05, 0.1) is 26.4 Å². The number of rotatable bonds is 89. The van der Waals surface area contributed by atoms with Crippen LogP contribution in [-0.2, 0) is 65.4 Å². The Balaban J connectivity index is 5.25. The Labute approximate surface area is 677 Å². The van der Waals surface area contributed by atoms with Crippen LogP contribution in [-0.4, -0.2) is 96.7 Å². The van der Waals surface area contributed by atoms with Crippen LogP contribution in [0.1, 0.15) is 485 Å². The topological polar surface area (TPSA) is 237 Å². The molecule has 0 aliphatic carbocycles. The molecule has 0 saturated carbocycles. The van der Waals surface area contributed by atoms with Crippen LogP contribution in [0, 0.1) is 17.8 Å². The van der Waals surface area contributed by atoms with Crippen molar-refractivity contribution in [1.29, 1.82) is 0 Å². The van der Waals surface area contributed by atoms with E-state index in [1.165, 1.54) is 295 Å². The molecule has 0 aliphatic rings. The van der Waals surface area contributed by atoms with Gasteiger partial charge in [-0.2, -0.15) is 0 Å². The van der Waals surface area contributed by atoms with Gasteiger partial charge in [0.1, 0.15) is 19.3 Å². The summed E-state index contributed by atoms with van der Waals surface area (Å²) in [5.74, 6) is 0.323. The lowest BCUT2D eigenvalue weighted by atomic mass is 9.99. The summed E-state index contributed by atoms with van der Waals surface area (Å²) in [7, 11) is -9.94. The van der Waals surface area contributed by atoms with Crippen molar-refractivity contribution >= 4 is 39.5 Å². The molecule has 19 heteroatoms. The minimum absolute atomic E-state index is 0.108. The number of aliphatic hydroxyl groups is 1. The molecule has 6 atom stereocenters. The summed E-state index contributed by atoms with van der Waals surface area (Å²) in [6, 6.07) is 0. The predicted molar refractivity (Wildman–Crippen MR) is 455 cm³/mol. The van der Waals surface area contributed by atoms with Gasteiger partial charge in [0.2, 0.25) is 0 Å². The molecule has 0 aliphatic heterocycles. The first-order chi connectivity index (χ1) is 53.3. The maximum atomic E-state index is 13.2. The number of carbonyl (C=O) groups excluding carboxylic acids is 4. The van der Waals surface area contributed by atoms with E-state index in [0.717, 1.165) is 108 Å². The van der Waals surface area contributed by atoms with Gasteiger partial charge in [-0.3, -0.25) is 37.3 Å². The molecule has 110 heavy (non-hydrogen) atoms. The Morgan fingerprint density at radius 3 is 0.691 bits per heavy atom. The minimum atomic E-state index is -4.97. The van der Waals surface area contributed by atoms with Crippen molar-refractivity contribution < 1.29 is 80.2 Å². The van der Waals surface area contributed by atoms with Gasteiger partial charge in [0, 0.05) is 25.7 Å². The lowest BCUT2D eigenvalue weighted by molar-refractivity contribution is -0.161. The van der Waals surface area contributed by atoms with Crippen LogP contribution in [0.25, 0.3) is 0 Å². The second-order valence-electron chi connectivity index (χ2n) is 33.9. The van der Waals surface area contributed by atoms with Gasteiger partial charge in [-0.1, -0.05) is 434 Å². The van der Waals surface area contributed by atoms with Gasteiger partial charge in [-0.15, -0.1) is 0 Å². The van der Waals surface area contributed by atoms with Crippen LogP contribution in [0.4, 0.5) is 0 Å². The first-order valence-electron chi connectivity index (χ1n) is 46.9. The maximum Gasteiger partial charge on any atom is 0.472 e. The zero-order chi connectivity index (χ0) is 80.8. The Bertz CT molecular complexity index is 2120. The number of phosphoric acid groups is 2. The second kappa shape index (κ2) is 80.8. The van der Waals surface area contributed by atoms with Crippen LogP contribution in [0.2, 0.25) is 0 Å². The molecule has 0 aromatic carbocycles. The summed E-state index contributed by atoms with van der Waals surface area (Å²) in [4.78, 5) is 73.4. The van der Waals surface area contributed by atoms with Crippen molar-refractivity contribution in [3.05, 3.63) is 0 Å². The summed E-state index contributed by atoms with van der Waals surface area (Å²) in [5.41, 5.74) is 0. The number of ether oxygens (including phenoxy) is 4.